The summed E-state index contributed by atoms with van der Waals surface area (Å²) in [6, 6.07) is 16.8. The highest BCUT2D eigenvalue weighted by atomic mass is 32.2. The minimum absolute atomic E-state index is 0.136. The molecule has 0 radical (unpaired) electrons. The van der Waals surface area contributed by atoms with E-state index >= 15 is 0 Å². The standard InChI is InChI=1S/C21H22N4O2S/c26-18-12-6-5-11-17(18)20-22-23-21(25(20)16-9-3-1-4-10-16)28-15-19(27)24-13-7-2-8-14-24/h1,3-6,9-12,26H,2,7-8,13-15H2. The number of amides is 1. The van der Waals surface area contributed by atoms with Crippen molar-refractivity contribution in [1.29, 1.82) is 0 Å². The molecule has 0 atom stereocenters. The molecule has 1 saturated heterocycles. The van der Waals surface area contributed by atoms with Crippen LogP contribution in [0, 0.1) is 0 Å². The molecular weight excluding hydrogens is 372 g/mol. The molecule has 28 heavy (non-hydrogen) atoms. The van der Waals surface area contributed by atoms with Crippen LogP contribution in [0.2, 0.25) is 0 Å². The average molecular weight is 395 g/mol. The number of hydrogen-bond acceptors (Lipinski definition) is 5. The number of likely N-dealkylation sites (tertiary alicyclic amines) is 1. The van der Waals surface area contributed by atoms with Crippen LogP contribution in [-0.4, -0.2) is 49.5 Å². The fourth-order valence-corrected chi connectivity index (χ4v) is 4.23. The van der Waals surface area contributed by atoms with Gasteiger partial charge in [-0.1, -0.05) is 42.1 Å². The Morgan fingerprint density at radius 1 is 0.964 bits per heavy atom. The van der Waals surface area contributed by atoms with Gasteiger partial charge in [0.1, 0.15) is 5.75 Å². The summed E-state index contributed by atoms with van der Waals surface area (Å²) in [6.45, 7) is 1.68. The predicted molar refractivity (Wildman–Crippen MR) is 110 cm³/mol. The van der Waals surface area contributed by atoms with Crippen molar-refractivity contribution in [3.8, 4) is 22.8 Å². The molecule has 1 aromatic heterocycles. The molecule has 0 bridgehead atoms. The Hall–Kier alpha value is -2.80. The maximum absolute atomic E-state index is 12.6. The van der Waals surface area contributed by atoms with Gasteiger partial charge in [-0.15, -0.1) is 10.2 Å². The quantitative estimate of drug-likeness (QED) is 0.668. The number of para-hydroxylation sites is 2. The second-order valence-electron chi connectivity index (χ2n) is 6.72. The molecule has 7 heteroatoms. The van der Waals surface area contributed by atoms with Crippen molar-refractivity contribution in [2.45, 2.75) is 24.4 Å². The lowest BCUT2D eigenvalue weighted by Crippen LogP contribution is -2.36. The summed E-state index contributed by atoms with van der Waals surface area (Å²) >= 11 is 1.38. The Bertz CT molecular complexity index is 952. The minimum atomic E-state index is 0.136. The van der Waals surface area contributed by atoms with Gasteiger partial charge in [0, 0.05) is 18.8 Å². The number of aromatic nitrogens is 3. The molecule has 144 valence electrons. The largest absolute Gasteiger partial charge is 0.507 e. The van der Waals surface area contributed by atoms with Gasteiger partial charge >= 0.3 is 0 Å². The zero-order valence-corrected chi connectivity index (χ0v) is 16.3. The summed E-state index contributed by atoms with van der Waals surface area (Å²) in [5.74, 6) is 1.16. The van der Waals surface area contributed by atoms with E-state index in [1.165, 1.54) is 18.2 Å². The van der Waals surface area contributed by atoms with Gasteiger partial charge < -0.3 is 10.0 Å². The van der Waals surface area contributed by atoms with Crippen molar-refractivity contribution in [3.63, 3.8) is 0 Å². The smallest absolute Gasteiger partial charge is 0.233 e. The van der Waals surface area contributed by atoms with E-state index < -0.39 is 0 Å². The van der Waals surface area contributed by atoms with Gasteiger partial charge in [-0.05, 0) is 43.5 Å². The van der Waals surface area contributed by atoms with Gasteiger partial charge in [0.15, 0.2) is 11.0 Å². The van der Waals surface area contributed by atoms with E-state index in [0.29, 0.717) is 22.3 Å². The van der Waals surface area contributed by atoms with Crippen LogP contribution in [0.3, 0.4) is 0 Å². The molecule has 0 unspecified atom stereocenters. The van der Waals surface area contributed by atoms with E-state index in [4.69, 9.17) is 0 Å². The molecule has 4 rings (SSSR count). The second-order valence-corrected chi connectivity index (χ2v) is 7.67. The lowest BCUT2D eigenvalue weighted by molar-refractivity contribution is -0.129. The van der Waals surface area contributed by atoms with E-state index in [9.17, 15) is 9.90 Å². The third-order valence-electron chi connectivity index (χ3n) is 4.83. The highest BCUT2D eigenvalue weighted by Crippen LogP contribution is 2.32. The summed E-state index contributed by atoms with van der Waals surface area (Å²) in [5.41, 5.74) is 1.49. The predicted octanol–water partition coefficient (Wildman–Crippen LogP) is 3.74. The fourth-order valence-electron chi connectivity index (χ4n) is 3.37. The SMILES string of the molecule is O=C(CSc1nnc(-c2ccccc2O)n1-c1ccccc1)N1CCCCC1. The van der Waals surface area contributed by atoms with Gasteiger partial charge in [0.25, 0.3) is 0 Å². The zero-order valence-electron chi connectivity index (χ0n) is 15.5. The van der Waals surface area contributed by atoms with E-state index in [1.54, 1.807) is 12.1 Å². The van der Waals surface area contributed by atoms with Crippen molar-refractivity contribution in [3.05, 3.63) is 54.6 Å². The first-order valence-corrected chi connectivity index (χ1v) is 10.4. The number of rotatable bonds is 5. The van der Waals surface area contributed by atoms with Crippen LogP contribution >= 0.6 is 11.8 Å². The van der Waals surface area contributed by atoms with Gasteiger partial charge in [-0.3, -0.25) is 9.36 Å². The topological polar surface area (TPSA) is 71.2 Å². The van der Waals surface area contributed by atoms with E-state index in [2.05, 4.69) is 10.2 Å². The van der Waals surface area contributed by atoms with E-state index in [-0.39, 0.29) is 11.7 Å². The summed E-state index contributed by atoms with van der Waals surface area (Å²) in [7, 11) is 0. The van der Waals surface area contributed by atoms with Crippen LogP contribution in [0.4, 0.5) is 0 Å². The molecule has 1 aliphatic rings. The van der Waals surface area contributed by atoms with Crippen molar-refractivity contribution in [1.82, 2.24) is 19.7 Å². The number of aromatic hydroxyl groups is 1. The molecule has 2 aromatic carbocycles. The van der Waals surface area contributed by atoms with Gasteiger partial charge in [-0.25, -0.2) is 0 Å². The molecule has 1 N–H and O–H groups in total. The summed E-state index contributed by atoms with van der Waals surface area (Å²) in [4.78, 5) is 14.5. The summed E-state index contributed by atoms with van der Waals surface area (Å²) < 4.78 is 1.89. The number of benzene rings is 2. The first-order chi connectivity index (χ1) is 13.7. The van der Waals surface area contributed by atoms with Crippen LogP contribution in [-0.2, 0) is 4.79 Å². The Kier molecular flexibility index (Phi) is 5.62. The van der Waals surface area contributed by atoms with E-state index in [1.807, 2.05) is 51.9 Å². The van der Waals surface area contributed by atoms with Crippen LogP contribution in [0.1, 0.15) is 19.3 Å². The lowest BCUT2D eigenvalue weighted by Gasteiger charge is -2.26. The molecule has 0 aliphatic carbocycles. The van der Waals surface area contributed by atoms with Crippen LogP contribution in [0.25, 0.3) is 17.1 Å². The number of thioether (sulfide) groups is 1. The average Bonchev–Trinajstić information content (AvgIpc) is 3.17. The highest BCUT2D eigenvalue weighted by Gasteiger charge is 2.21. The molecule has 6 nitrogen and oxygen atoms in total. The van der Waals surface area contributed by atoms with Crippen LogP contribution in [0.5, 0.6) is 5.75 Å². The number of carbonyl (C=O) groups excluding carboxylic acids is 1. The molecule has 2 heterocycles. The number of carbonyl (C=O) groups is 1. The van der Waals surface area contributed by atoms with Crippen molar-refractivity contribution < 1.29 is 9.90 Å². The number of phenolic OH excluding ortho intramolecular Hbond substituents is 1. The Morgan fingerprint density at radius 2 is 1.68 bits per heavy atom. The number of nitrogens with zero attached hydrogens (tertiary/aromatic N) is 4. The fraction of sp³-hybridized carbons (Fsp3) is 0.286. The second kappa shape index (κ2) is 8.48. The first kappa shape index (κ1) is 18.6. The maximum atomic E-state index is 12.6. The monoisotopic (exact) mass is 394 g/mol. The van der Waals surface area contributed by atoms with Crippen molar-refractivity contribution in [2.75, 3.05) is 18.8 Å². The third kappa shape index (κ3) is 3.89. The summed E-state index contributed by atoms with van der Waals surface area (Å²) in [6.07, 6.45) is 3.35. The normalized spacial score (nSPS) is 14.2. The van der Waals surface area contributed by atoms with Gasteiger partial charge in [-0.2, -0.15) is 0 Å². The van der Waals surface area contributed by atoms with Gasteiger partial charge in [0.2, 0.25) is 5.91 Å². The highest BCUT2D eigenvalue weighted by molar-refractivity contribution is 7.99. The molecule has 1 fully saturated rings. The molecule has 0 spiro atoms. The Morgan fingerprint density at radius 3 is 2.43 bits per heavy atom. The van der Waals surface area contributed by atoms with Crippen LogP contribution in [0.15, 0.2) is 59.8 Å². The first-order valence-electron chi connectivity index (χ1n) is 9.44. The Labute approximate surface area is 168 Å². The van der Waals surface area contributed by atoms with Gasteiger partial charge in [0.05, 0.1) is 11.3 Å². The lowest BCUT2D eigenvalue weighted by atomic mass is 10.1. The van der Waals surface area contributed by atoms with Crippen molar-refractivity contribution in [2.24, 2.45) is 0 Å². The number of hydrogen-bond donors (Lipinski definition) is 1. The molecule has 1 amide bonds. The van der Waals surface area contributed by atoms with Crippen LogP contribution < -0.4 is 0 Å². The molecule has 3 aromatic rings. The van der Waals surface area contributed by atoms with Crippen molar-refractivity contribution >= 4 is 17.7 Å². The molecular formula is C21H22N4O2S. The minimum Gasteiger partial charge on any atom is -0.507 e. The molecule has 1 aliphatic heterocycles. The number of piperidine rings is 1. The maximum Gasteiger partial charge on any atom is 0.233 e. The zero-order chi connectivity index (χ0) is 19.3. The Balaban J connectivity index is 1.64. The summed E-state index contributed by atoms with van der Waals surface area (Å²) in [5, 5.41) is 19.6. The number of phenols is 1. The third-order valence-corrected chi connectivity index (χ3v) is 5.74. The van der Waals surface area contributed by atoms with E-state index in [0.717, 1.165) is 31.6 Å². The molecule has 0 saturated carbocycles.